The minimum absolute atomic E-state index is 0.454. The molecule has 0 radical (unpaired) electrons. The SMILES string of the molecule is CCn1c(C)nc2c(NC3CCN(C)C3)ncnc21. The summed E-state index contributed by atoms with van der Waals surface area (Å²) < 4.78 is 2.11. The van der Waals surface area contributed by atoms with Crippen LogP contribution in [0.1, 0.15) is 19.2 Å². The van der Waals surface area contributed by atoms with Gasteiger partial charge in [0, 0.05) is 19.1 Å². The van der Waals surface area contributed by atoms with E-state index in [0.29, 0.717) is 6.04 Å². The van der Waals surface area contributed by atoms with E-state index in [4.69, 9.17) is 0 Å². The molecule has 0 aliphatic carbocycles. The Morgan fingerprint density at radius 3 is 2.95 bits per heavy atom. The molecule has 3 rings (SSSR count). The monoisotopic (exact) mass is 260 g/mol. The van der Waals surface area contributed by atoms with Crippen molar-refractivity contribution in [3.8, 4) is 0 Å². The quantitative estimate of drug-likeness (QED) is 0.900. The molecule has 0 aromatic carbocycles. The third kappa shape index (κ3) is 2.16. The van der Waals surface area contributed by atoms with Crippen LogP contribution in [0.2, 0.25) is 0 Å². The fraction of sp³-hybridized carbons (Fsp3) is 0.615. The third-order valence-electron chi connectivity index (χ3n) is 3.77. The summed E-state index contributed by atoms with van der Waals surface area (Å²) in [6, 6.07) is 0.454. The highest BCUT2D eigenvalue weighted by atomic mass is 15.2. The number of likely N-dealkylation sites (tertiary alicyclic amines) is 1. The molecule has 6 heteroatoms. The van der Waals surface area contributed by atoms with Crippen molar-refractivity contribution < 1.29 is 0 Å². The van der Waals surface area contributed by atoms with Gasteiger partial charge in [0.25, 0.3) is 0 Å². The van der Waals surface area contributed by atoms with Gasteiger partial charge in [-0.1, -0.05) is 0 Å². The molecule has 0 saturated carbocycles. The number of anilines is 1. The molecule has 2 aromatic rings. The predicted octanol–water partition coefficient (Wildman–Crippen LogP) is 1.27. The molecule has 1 atom stereocenters. The van der Waals surface area contributed by atoms with Gasteiger partial charge in [-0.15, -0.1) is 0 Å². The molecule has 6 nitrogen and oxygen atoms in total. The van der Waals surface area contributed by atoms with E-state index in [2.05, 4.69) is 43.7 Å². The Morgan fingerprint density at radius 2 is 2.26 bits per heavy atom. The highest BCUT2D eigenvalue weighted by molar-refractivity contribution is 5.83. The third-order valence-corrected chi connectivity index (χ3v) is 3.77. The molecule has 102 valence electrons. The summed E-state index contributed by atoms with van der Waals surface area (Å²) >= 11 is 0. The van der Waals surface area contributed by atoms with Crippen molar-refractivity contribution in [1.82, 2.24) is 24.4 Å². The summed E-state index contributed by atoms with van der Waals surface area (Å²) in [6.07, 6.45) is 2.77. The second-order valence-electron chi connectivity index (χ2n) is 5.19. The largest absolute Gasteiger partial charge is 0.364 e. The summed E-state index contributed by atoms with van der Waals surface area (Å²) in [7, 11) is 2.15. The van der Waals surface area contributed by atoms with Crippen LogP contribution in [0.25, 0.3) is 11.2 Å². The standard InChI is InChI=1S/C13H20N6/c1-4-19-9(2)16-11-12(14-8-15-13(11)19)17-10-5-6-18(3)7-10/h8,10H,4-7H2,1-3H3,(H,14,15,17). The van der Waals surface area contributed by atoms with Gasteiger partial charge in [0.15, 0.2) is 17.0 Å². The number of hydrogen-bond acceptors (Lipinski definition) is 5. The second kappa shape index (κ2) is 4.77. The Morgan fingerprint density at radius 1 is 1.42 bits per heavy atom. The van der Waals surface area contributed by atoms with Crippen LogP contribution in [0.5, 0.6) is 0 Å². The summed E-state index contributed by atoms with van der Waals surface area (Å²) in [5, 5.41) is 3.51. The zero-order valence-electron chi connectivity index (χ0n) is 11.7. The van der Waals surface area contributed by atoms with Gasteiger partial charge in [-0.25, -0.2) is 15.0 Å². The lowest BCUT2D eigenvalue weighted by molar-refractivity contribution is 0.414. The Labute approximate surface area is 112 Å². The Balaban J connectivity index is 1.95. The van der Waals surface area contributed by atoms with Gasteiger partial charge in [0.05, 0.1) is 0 Å². The second-order valence-corrected chi connectivity index (χ2v) is 5.19. The van der Waals surface area contributed by atoms with Crippen molar-refractivity contribution in [2.24, 2.45) is 0 Å². The van der Waals surface area contributed by atoms with E-state index >= 15 is 0 Å². The van der Waals surface area contributed by atoms with Crippen LogP contribution in [0.4, 0.5) is 5.82 Å². The maximum atomic E-state index is 4.61. The maximum absolute atomic E-state index is 4.61. The van der Waals surface area contributed by atoms with Crippen LogP contribution < -0.4 is 5.32 Å². The van der Waals surface area contributed by atoms with E-state index in [1.165, 1.54) is 0 Å². The van der Waals surface area contributed by atoms with Gasteiger partial charge in [0.1, 0.15) is 12.2 Å². The van der Waals surface area contributed by atoms with Crippen LogP contribution in [-0.4, -0.2) is 50.6 Å². The minimum Gasteiger partial charge on any atom is -0.364 e. The highest BCUT2D eigenvalue weighted by Crippen LogP contribution is 2.22. The number of imidazole rings is 1. The van der Waals surface area contributed by atoms with Crippen molar-refractivity contribution >= 4 is 17.0 Å². The number of aryl methyl sites for hydroxylation is 2. The molecular weight excluding hydrogens is 240 g/mol. The zero-order valence-corrected chi connectivity index (χ0v) is 11.7. The minimum atomic E-state index is 0.454. The van der Waals surface area contributed by atoms with Crippen LogP contribution in [0.15, 0.2) is 6.33 Å². The number of nitrogens with zero attached hydrogens (tertiary/aromatic N) is 5. The fourth-order valence-corrected chi connectivity index (χ4v) is 2.78. The number of nitrogens with one attached hydrogen (secondary N) is 1. The van der Waals surface area contributed by atoms with Gasteiger partial charge >= 0.3 is 0 Å². The van der Waals surface area contributed by atoms with Crippen molar-refractivity contribution in [2.75, 3.05) is 25.5 Å². The Bertz CT molecular complexity index is 590. The van der Waals surface area contributed by atoms with E-state index in [0.717, 1.165) is 48.9 Å². The molecule has 1 saturated heterocycles. The van der Waals surface area contributed by atoms with Crippen molar-refractivity contribution in [3.05, 3.63) is 12.2 Å². The Kier molecular flexibility index (Phi) is 3.10. The fourth-order valence-electron chi connectivity index (χ4n) is 2.78. The number of hydrogen-bond donors (Lipinski definition) is 1. The van der Waals surface area contributed by atoms with Crippen molar-refractivity contribution in [3.63, 3.8) is 0 Å². The molecule has 1 unspecified atom stereocenters. The molecular formula is C13H20N6. The number of rotatable bonds is 3. The summed E-state index contributed by atoms with van der Waals surface area (Å²) in [5.41, 5.74) is 1.81. The van der Waals surface area contributed by atoms with E-state index in [-0.39, 0.29) is 0 Å². The van der Waals surface area contributed by atoms with Crippen LogP contribution in [0.3, 0.4) is 0 Å². The van der Waals surface area contributed by atoms with Crippen LogP contribution in [-0.2, 0) is 6.54 Å². The summed E-state index contributed by atoms with van der Waals surface area (Å²) in [6.45, 7) is 7.19. The molecule has 0 spiro atoms. The lowest BCUT2D eigenvalue weighted by Gasteiger charge is -2.13. The zero-order chi connectivity index (χ0) is 13.4. The molecule has 1 fully saturated rings. The molecule has 2 aromatic heterocycles. The molecule has 19 heavy (non-hydrogen) atoms. The number of fused-ring (bicyclic) bond motifs is 1. The maximum Gasteiger partial charge on any atom is 0.165 e. The lowest BCUT2D eigenvalue weighted by Crippen LogP contribution is -2.24. The molecule has 1 N–H and O–H groups in total. The van der Waals surface area contributed by atoms with Crippen LogP contribution in [0, 0.1) is 6.92 Å². The van der Waals surface area contributed by atoms with Gasteiger partial charge < -0.3 is 14.8 Å². The van der Waals surface area contributed by atoms with E-state index in [1.807, 2.05) is 6.92 Å². The topological polar surface area (TPSA) is 58.9 Å². The van der Waals surface area contributed by atoms with Gasteiger partial charge in [-0.3, -0.25) is 0 Å². The smallest absolute Gasteiger partial charge is 0.165 e. The predicted molar refractivity (Wildman–Crippen MR) is 75.3 cm³/mol. The van der Waals surface area contributed by atoms with Gasteiger partial charge in [0.2, 0.25) is 0 Å². The average molecular weight is 260 g/mol. The first kappa shape index (κ1) is 12.3. The molecule has 0 bridgehead atoms. The van der Waals surface area contributed by atoms with Gasteiger partial charge in [-0.05, 0) is 33.9 Å². The molecule has 1 aliphatic rings. The Hall–Kier alpha value is -1.69. The van der Waals surface area contributed by atoms with E-state index in [1.54, 1.807) is 6.33 Å². The first-order valence-corrected chi connectivity index (χ1v) is 6.82. The number of aromatic nitrogens is 4. The summed E-state index contributed by atoms with van der Waals surface area (Å²) in [4.78, 5) is 15.7. The average Bonchev–Trinajstić information content (AvgIpc) is 2.93. The normalized spacial score (nSPS) is 20.3. The van der Waals surface area contributed by atoms with Crippen molar-refractivity contribution in [2.45, 2.75) is 32.9 Å². The first-order valence-electron chi connectivity index (χ1n) is 6.82. The highest BCUT2D eigenvalue weighted by Gasteiger charge is 2.21. The molecule has 3 heterocycles. The first-order chi connectivity index (χ1) is 9.19. The summed E-state index contributed by atoms with van der Waals surface area (Å²) in [5.74, 6) is 1.85. The van der Waals surface area contributed by atoms with Crippen LogP contribution >= 0.6 is 0 Å². The van der Waals surface area contributed by atoms with Crippen molar-refractivity contribution in [1.29, 1.82) is 0 Å². The molecule has 1 aliphatic heterocycles. The molecule has 0 amide bonds. The van der Waals surface area contributed by atoms with E-state index in [9.17, 15) is 0 Å². The van der Waals surface area contributed by atoms with Gasteiger partial charge in [-0.2, -0.15) is 0 Å². The van der Waals surface area contributed by atoms with E-state index < -0.39 is 0 Å². The number of likely N-dealkylation sites (N-methyl/N-ethyl adjacent to an activating group) is 1. The lowest BCUT2D eigenvalue weighted by atomic mass is 10.2.